The lowest BCUT2D eigenvalue weighted by atomic mass is 9.93. The Hall–Kier alpha value is -1.89. The van der Waals surface area contributed by atoms with Crippen LogP contribution in [0.15, 0.2) is 46.8 Å². The number of aryl methyl sites for hydroxylation is 1. The summed E-state index contributed by atoms with van der Waals surface area (Å²) < 4.78 is 17.2. The molecule has 2 aromatic rings. The van der Waals surface area contributed by atoms with Gasteiger partial charge in [0.25, 0.3) is 0 Å². The molecule has 1 aliphatic rings. The smallest absolute Gasteiger partial charge is 0.329 e. The Balaban J connectivity index is 0.00000261. The van der Waals surface area contributed by atoms with Gasteiger partial charge in [-0.05, 0) is 50.1 Å². The van der Waals surface area contributed by atoms with E-state index in [0.717, 1.165) is 24.8 Å². The quantitative estimate of drug-likeness (QED) is 0.757. The van der Waals surface area contributed by atoms with Crippen LogP contribution in [0.1, 0.15) is 32.2 Å². The summed E-state index contributed by atoms with van der Waals surface area (Å²) in [6.45, 7) is 2.90. The van der Waals surface area contributed by atoms with Crippen LogP contribution in [0.25, 0.3) is 11.0 Å². The summed E-state index contributed by atoms with van der Waals surface area (Å²) in [5.41, 5.74) is 2.01. The van der Waals surface area contributed by atoms with Gasteiger partial charge in [-0.1, -0.05) is 25.2 Å². The third-order valence-corrected chi connectivity index (χ3v) is 4.85. The Labute approximate surface area is 164 Å². The first-order valence-electron chi connectivity index (χ1n) is 9.17. The van der Waals surface area contributed by atoms with Crippen LogP contribution >= 0.6 is 12.4 Å². The van der Waals surface area contributed by atoms with E-state index in [1.54, 1.807) is 22.2 Å². The highest BCUT2D eigenvalue weighted by atomic mass is 35.5. The summed E-state index contributed by atoms with van der Waals surface area (Å²) in [6, 6.07) is 3.89. The molecule has 0 spiro atoms. The number of aliphatic hydroxyl groups excluding tert-OH is 1. The maximum absolute atomic E-state index is 14.0. The number of nitrogens with zero attached hydrogens (tertiary/aromatic N) is 2. The molecule has 0 saturated carbocycles. The zero-order valence-corrected chi connectivity index (χ0v) is 16.5. The predicted molar refractivity (Wildman–Crippen MR) is 109 cm³/mol. The average Bonchev–Trinajstić information content (AvgIpc) is 2.89. The first-order valence-corrected chi connectivity index (χ1v) is 9.17. The lowest BCUT2D eigenvalue weighted by Gasteiger charge is -2.28. The van der Waals surface area contributed by atoms with Crippen molar-refractivity contribution < 1.29 is 9.50 Å². The van der Waals surface area contributed by atoms with Crippen molar-refractivity contribution in [2.24, 2.45) is 0 Å². The lowest BCUT2D eigenvalue weighted by molar-refractivity contribution is 0.127. The maximum atomic E-state index is 14.0. The highest BCUT2D eigenvalue weighted by molar-refractivity contribution is 5.85. The molecule has 2 N–H and O–H groups in total. The normalized spacial score (nSPS) is 16.1. The number of hydrogen-bond acceptors (Lipinski definition) is 3. The van der Waals surface area contributed by atoms with Gasteiger partial charge in [0.2, 0.25) is 0 Å². The molecule has 0 radical (unpaired) electrons. The van der Waals surface area contributed by atoms with Crippen LogP contribution in [0.3, 0.4) is 0 Å². The molecule has 0 bridgehead atoms. The Kier molecular flexibility index (Phi) is 7.41. The number of fused-ring (bicyclic) bond motifs is 1. The fourth-order valence-electron chi connectivity index (χ4n) is 3.74. The van der Waals surface area contributed by atoms with Crippen LogP contribution in [0, 0.1) is 5.82 Å². The number of allylic oxidation sites excluding steroid dienone is 3. The molecule has 3 rings (SSSR count). The largest absolute Gasteiger partial charge is 0.389 e. The number of hydrogen-bond donors (Lipinski definition) is 2. The monoisotopic (exact) mass is 395 g/mol. The van der Waals surface area contributed by atoms with Crippen molar-refractivity contribution in [3.05, 3.63) is 58.3 Å². The summed E-state index contributed by atoms with van der Waals surface area (Å²) in [5, 5.41) is 13.8. The fourth-order valence-corrected chi connectivity index (χ4v) is 3.74. The van der Waals surface area contributed by atoms with Crippen molar-refractivity contribution in [3.8, 4) is 0 Å². The van der Waals surface area contributed by atoms with Gasteiger partial charge in [0, 0.05) is 13.1 Å². The van der Waals surface area contributed by atoms with Gasteiger partial charge in [-0.3, -0.25) is 9.13 Å². The number of aliphatic hydroxyl groups is 1. The summed E-state index contributed by atoms with van der Waals surface area (Å²) in [6.07, 6.45) is 7.62. The third kappa shape index (κ3) is 4.18. The summed E-state index contributed by atoms with van der Waals surface area (Å²) in [5.74, 6) is -0.390. The van der Waals surface area contributed by atoms with E-state index in [4.69, 9.17) is 0 Å². The minimum atomic E-state index is -0.792. The van der Waals surface area contributed by atoms with Crippen molar-refractivity contribution in [2.75, 3.05) is 13.6 Å². The Morgan fingerprint density at radius 1 is 1.33 bits per heavy atom. The minimum Gasteiger partial charge on any atom is -0.389 e. The Bertz CT molecular complexity index is 900. The Morgan fingerprint density at radius 3 is 2.74 bits per heavy atom. The number of rotatable bonds is 7. The fraction of sp³-hybridized carbons (Fsp3) is 0.450. The summed E-state index contributed by atoms with van der Waals surface area (Å²) >= 11 is 0. The molecule has 0 amide bonds. The molecule has 1 aromatic carbocycles. The number of likely N-dealkylation sites (N-methyl/N-ethyl adjacent to an activating group) is 1. The van der Waals surface area contributed by atoms with Crippen LogP contribution in [-0.4, -0.2) is 33.9 Å². The molecular formula is C20H27ClFN3O2. The molecule has 7 heteroatoms. The summed E-state index contributed by atoms with van der Waals surface area (Å²) in [7, 11) is 1.76. The highest BCUT2D eigenvalue weighted by Crippen LogP contribution is 2.30. The predicted octanol–water partition coefficient (Wildman–Crippen LogP) is 3.17. The number of halogens is 2. The van der Waals surface area contributed by atoms with E-state index in [9.17, 15) is 14.3 Å². The van der Waals surface area contributed by atoms with E-state index in [1.807, 2.05) is 19.1 Å². The zero-order chi connectivity index (χ0) is 18.7. The van der Waals surface area contributed by atoms with Crippen LogP contribution in [0.4, 0.5) is 4.39 Å². The van der Waals surface area contributed by atoms with E-state index in [-0.39, 0.29) is 23.9 Å². The maximum Gasteiger partial charge on any atom is 0.329 e. The second-order valence-electron chi connectivity index (χ2n) is 6.72. The molecule has 0 aliphatic heterocycles. The highest BCUT2D eigenvalue weighted by Gasteiger charge is 2.29. The van der Waals surface area contributed by atoms with Gasteiger partial charge in [-0.25, -0.2) is 9.18 Å². The minimum absolute atomic E-state index is 0. The van der Waals surface area contributed by atoms with Gasteiger partial charge in [0.1, 0.15) is 5.82 Å². The van der Waals surface area contributed by atoms with Crippen LogP contribution < -0.4 is 11.0 Å². The van der Waals surface area contributed by atoms with E-state index in [1.165, 1.54) is 12.1 Å². The van der Waals surface area contributed by atoms with Crippen molar-refractivity contribution >= 4 is 23.4 Å². The second kappa shape index (κ2) is 9.35. The zero-order valence-electron chi connectivity index (χ0n) is 15.7. The summed E-state index contributed by atoms with van der Waals surface area (Å²) in [4.78, 5) is 13.2. The first kappa shape index (κ1) is 21.4. The SMILES string of the molecule is CCCn1c(=O)n([C@@H](C2=CC=CCC2)C(O)CNC)c2cc(F)ccc21.Cl. The van der Waals surface area contributed by atoms with E-state index < -0.39 is 12.1 Å². The average molecular weight is 396 g/mol. The third-order valence-electron chi connectivity index (χ3n) is 4.85. The molecule has 0 saturated heterocycles. The van der Waals surface area contributed by atoms with Crippen LogP contribution in [-0.2, 0) is 6.54 Å². The topological polar surface area (TPSA) is 59.2 Å². The van der Waals surface area contributed by atoms with Gasteiger partial charge in [-0.15, -0.1) is 12.4 Å². The standard InChI is InChI=1S/C20H26FN3O2.ClH/c1-3-11-23-16-10-9-15(21)12-17(16)24(20(23)26)19(18(25)13-22-2)14-7-5-4-6-8-14;/h4-5,7,9-10,12,18-19,22,25H,3,6,8,11,13H2,1-2H3;1H/t18?,19-;/m0./s1. The molecule has 5 nitrogen and oxygen atoms in total. The van der Waals surface area contributed by atoms with Gasteiger partial charge in [0.05, 0.1) is 23.2 Å². The Morgan fingerprint density at radius 2 is 2.11 bits per heavy atom. The molecule has 1 unspecified atom stereocenters. The molecule has 1 aromatic heterocycles. The molecule has 1 heterocycles. The molecule has 1 aliphatic carbocycles. The van der Waals surface area contributed by atoms with Crippen LogP contribution in [0.5, 0.6) is 0 Å². The number of imidazole rings is 1. The van der Waals surface area contributed by atoms with Crippen molar-refractivity contribution in [1.29, 1.82) is 0 Å². The number of nitrogens with one attached hydrogen (secondary N) is 1. The van der Waals surface area contributed by atoms with E-state index in [0.29, 0.717) is 24.1 Å². The number of benzene rings is 1. The van der Waals surface area contributed by atoms with Crippen molar-refractivity contribution in [1.82, 2.24) is 14.5 Å². The molecule has 0 fully saturated rings. The molecule has 2 atom stereocenters. The van der Waals surface area contributed by atoms with Gasteiger partial charge in [0.15, 0.2) is 0 Å². The second-order valence-corrected chi connectivity index (χ2v) is 6.72. The molecule has 148 valence electrons. The van der Waals surface area contributed by atoms with E-state index >= 15 is 0 Å². The van der Waals surface area contributed by atoms with Gasteiger partial charge in [-0.2, -0.15) is 0 Å². The van der Waals surface area contributed by atoms with E-state index in [2.05, 4.69) is 11.4 Å². The van der Waals surface area contributed by atoms with Crippen molar-refractivity contribution in [2.45, 2.75) is 44.9 Å². The van der Waals surface area contributed by atoms with Crippen LogP contribution in [0.2, 0.25) is 0 Å². The van der Waals surface area contributed by atoms with Gasteiger partial charge >= 0.3 is 5.69 Å². The molecule has 27 heavy (non-hydrogen) atoms. The number of aromatic nitrogens is 2. The van der Waals surface area contributed by atoms with Gasteiger partial charge < -0.3 is 10.4 Å². The van der Waals surface area contributed by atoms with Crippen molar-refractivity contribution in [3.63, 3.8) is 0 Å². The molecular weight excluding hydrogens is 369 g/mol. The lowest BCUT2D eigenvalue weighted by Crippen LogP contribution is -2.39. The first-order chi connectivity index (χ1) is 12.6.